The van der Waals surface area contributed by atoms with Gasteiger partial charge in [0.1, 0.15) is 5.82 Å². The standard InChI is InChI=1S/C20H24N4O3/c21-8-10-26-12-13-27-11-9-22-20(25)16-6-7-17-18(14-16)24-19(23-17)15-4-2-1-3-5-15/h1-7,14H,8-13,21H2,(H,22,25)(H,23,24). The maximum absolute atomic E-state index is 12.3. The number of benzene rings is 2. The van der Waals surface area contributed by atoms with Gasteiger partial charge in [-0.3, -0.25) is 4.79 Å². The van der Waals surface area contributed by atoms with Crippen molar-refractivity contribution in [3.63, 3.8) is 0 Å². The third-order valence-corrected chi connectivity index (χ3v) is 3.96. The monoisotopic (exact) mass is 368 g/mol. The molecule has 0 bridgehead atoms. The van der Waals surface area contributed by atoms with Crippen LogP contribution in [0.5, 0.6) is 0 Å². The normalized spacial score (nSPS) is 11.0. The SMILES string of the molecule is NCCOCCOCCNC(=O)c1ccc2nc(-c3ccccc3)[nH]c2c1. The van der Waals surface area contributed by atoms with Gasteiger partial charge in [0, 0.05) is 24.2 Å². The highest BCUT2D eigenvalue weighted by Gasteiger charge is 2.09. The molecule has 0 saturated carbocycles. The fourth-order valence-corrected chi connectivity index (χ4v) is 2.63. The molecule has 0 saturated heterocycles. The number of rotatable bonds is 10. The molecule has 0 aliphatic heterocycles. The van der Waals surface area contributed by atoms with Crippen LogP contribution in [-0.4, -0.2) is 55.4 Å². The smallest absolute Gasteiger partial charge is 0.251 e. The summed E-state index contributed by atoms with van der Waals surface area (Å²) in [6.45, 7) is 2.89. The van der Waals surface area contributed by atoms with Crippen LogP contribution >= 0.6 is 0 Å². The Morgan fingerprint density at radius 2 is 1.81 bits per heavy atom. The van der Waals surface area contributed by atoms with Crippen molar-refractivity contribution in [2.45, 2.75) is 0 Å². The van der Waals surface area contributed by atoms with E-state index < -0.39 is 0 Å². The minimum atomic E-state index is -0.143. The molecule has 1 aromatic heterocycles. The molecule has 0 fully saturated rings. The first kappa shape index (κ1) is 19.0. The van der Waals surface area contributed by atoms with E-state index in [9.17, 15) is 4.79 Å². The second kappa shape index (κ2) is 9.82. The van der Waals surface area contributed by atoms with Crippen molar-refractivity contribution in [1.29, 1.82) is 0 Å². The summed E-state index contributed by atoms with van der Waals surface area (Å²) in [7, 11) is 0. The van der Waals surface area contributed by atoms with E-state index in [0.717, 1.165) is 22.4 Å². The van der Waals surface area contributed by atoms with Gasteiger partial charge in [0.25, 0.3) is 5.91 Å². The molecule has 0 radical (unpaired) electrons. The van der Waals surface area contributed by atoms with E-state index in [2.05, 4.69) is 15.3 Å². The summed E-state index contributed by atoms with van der Waals surface area (Å²) in [5.74, 6) is 0.643. The molecule has 1 amide bonds. The van der Waals surface area contributed by atoms with Crippen molar-refractivity contribution in [1.82, 2.24) is 15.3 Å². The number of aromatic nitrogens is 2. The third-order valence-electron chi connectivity index (χ3n) is 3.96. The van der Waals surface area contributed by atoms with E-state index in [-0.39, 0.29) is 5.91 Å². The average Bonchev–Trinajstić information content (AvgIpc) is 3.14. The first-order valence-electron chi connectivity index (χ1n) is 8.97. The van der Waals surface area contributed by atoms with Crippen molar-refractivity contribution in [2.24, 2.45) is 5.73 Å². The molecule has 7 heteroatoms. The van der Waals surface area contributed by atoms with Gasteiger partial charge in [-0.2, -0.15) is 0 Å². The predicted molar refractivity (Wildman–Crippen MR) is 105 cm³/mol. The number of amides is 1. The van der Waals surface area contributed by atoms with Gasteiger partial charge in [0.2, 0.25) is 0 Å². The van der Waals surface area contributed by atoms with Gasteiger partial charge in [-0.05, 0) is 18.2 Å². The van der Waals surface area contributed by atoms with Crippen LogP contribution in [0.4, 0.5) is 0 Å². The highest BCUT2D eigenvalue weighted by Crippen LogP contribution is 2.21. The quantitative estimate of drug-likeness (QED) is 0.475. The topological polar surface area (TPSA) is 102 Å². The molecule has 0 atom stereocenters. The van der Waals surface area contributed by atoms with Crippen LogP contribution in [0.25, 0.3) is 22.4 Å². The lowest BCUT2D eigenvalue weighted by molar-refractivity contribution is 0.0511. The molecule has 4 N–H and O–H groups in total. The molecule has 0 aliphatic rings. The number of H-pyrrole nitrogens is 1. The van der Waals surface area contributed by atoms with Crippen molar-refractivity contribution in [2.75, 3.05) is 39.5 Å². The van der Waals surface area contributed by atoms with Crippen LogP contribution in [0.2, 0.25) is 0 Å². The van der Waals surface area contributed by atoms with Gasteiger partial charge in [-0.1, -0.05) is 30.3 Å². The van der Waals surface area contributed by atoms with Crippen LogP contribution in [0, 0.1) is 0 Å². The lowest BCUT2D eigenvalue weighted by Gasteiger charge is -2.07. The fourth-order valence-electron chi connectivity index (χ4n) is 2.63. The number of imidazole rings is 1. The van der Waals surface area contributed by atoms with Crippen LogP contribution in [0.1, 0.15) is 10.4 Å². The summed E-state index contributed by atoms with van der Waals surface area (Å²) >= 11 is 0. The van der Waals surface area contributed by atoms with Gasteiger partial charge in [0.05, 0.1) is 37.5 Å². The molecule has 3 rings (SSSR count). The lowest BCUT2D eigenvalue weighted by atomic mass is 10.2. The maximum atomic E-state index is 12.3. The second-order valence-corrected chi connectivity index (χ2v) is 5.95. The molecule has 2 aromatic carbocycles. The minimum Gasteiger partial charge on any atom is -0.378 e. The summed E-state index contributed by atoms with van der Waals surface area (Å²) < 4.78 is 10.6. The Labute approximate surface area is 157 Å². The minimum absolute atomic E-state index is 0.143. The number of carbonyl (C=O) groups is 1. The summed E-state index contributed by atoms with van der Waals surface area (Å²) in [4.78, 5) is 20.1. The second-order valence-electron chi connectivity index (χ2n) is 5.95. The maximum Gasteiger partial charge on any atom is 0.251 e. The van der Waals surface area contributed by atoms with Crippen LogP contribution < -0.4 is 11.1 Å². The zero-order chi connectivity index (χ0) is 18.9. The van der Waals surface area contributed by atoms with E-state index in [1.807, 2.05) is 42.5 Å². The summed E-state index contributed by atoms with van der Waals surface area (Å²) in [6, 6.07) is 15.3. The zero-order valence-corrected chi connectivity index (χ0v) is 15.1. The fraction of sp³-hybridized carbons (Fsp3) is 0.300. The van der Waals surface area contributed by atoms with Gasteiger partial charge < -0.3 is 25.5 Å². The molecule has 0 unspecified atom stereocenters. The summed E-state index contributed by atoms with van der Waals surface area (Å²) in [5, 5.41) is 2.85. The summed E-state index contributed by atoms with van der Waals surface area (Å²) in [5.41, 5.74) is 8.57. The number of hydrogen-bond donors (Lipinski definition) is 3. The van der Waals surface area contributed by atoms with E-state index in [0.29, 0.717) is 45.1 Å². The van der Waals surface area contributed by atoms with Crippen molar-refractivity contribution in [3.8, 4) is 11.4 Å². The summed E-state index contributed by atoms with van der Waals surface area (Å²) in [6.07, 6.45) is 0. The van der Waals surface area contributed by atoms with Gasteiger partial charge in [-0.15, -0.1) is 0 Å². The van der Waals surface area contributed by atoms with E-state index in [1.165, 1.54) is 0 Å². The molecule has 7 nitrogen and oxygen atoms in total. The molecule has 0 aliphatic carbocycles. The Kier molecular flexibility index (Phi) is 6.92. The van der Waals surface area contributed by atoms with Gasteiger partial charge >= 0.3 is 0 Å². The van der Waals surface area contributed by atoms with Gasteiger partial charge in [0.15, 0.2) is 0 Å². The lowest BCUT2D eigenvalue weighted by Crippen LogP contribution is -2.27. The first-order chi connectivity index (χ1) is 13.3. The highest BCUT2D eigenvalue weighted by molar-refractivity contribution is 5.97. The Morgan fingerprint density at radius 1 is 1.04 bits per heavy atom. The number of nitrogens with one attached hydrogen (secondary N) is 2. The highest BCUT2D eigenvalue weighted by atomic mass is 16.5. The Bertz CT molecular complexity index is 864. The number of ether oxygens (including phenoxy) is 2. The van der Waals surface area contributed by atoms with Crippen molar-refractivity contribution in [3.05, 3.63) is 54.1 Å². The predicted octanol–water partition coefficient (Wildman–Crippen LogP) is 1.95. The molecule has 0 spiro atoms. The van der Waals surface area contributed by atoms with E-state index in [1.54, 1.807) is 6.07 Å². The Morgan fingerprint density at radius 3 is 2.59 bits per heavy atom. The van der Waals surface area contributed by atoms with Crippen molar-refractivity contribution >= 4 is 16.9 Å². The average molecular weight is 368 g/mol. The molecular weight excluding hydrogens is 344 g/mol. The van der Waals surface area contributed by atoms with Gasteiger partial charge in [-0.25, -0.2) is 4.98 Å². The first-order valence-corrected chi connectivity index (χ1v) is 8.97. The Balaban J connectivity index is 1.51. The van der Waals surface area contributed by atoms with E-state index in [4.69, 9.17) is 15.2 Å². The van der Waals surface area contributed by atoms with Crippen LogP contribution in [-0.2, 0) is 9.47 Å². The Hall–Kier alpha value is -2.74. The third kappa shape index (κ3) is 5.37. The zero-order valence-electron chi connectivity index (χ0n) is 15.1. The molecular formula is C20H24N4O3. The van der Waals surface area contributed by atoms with E-state index >= 15 is 0 Å². The number of nitrogens with zero attached hydrogens (tertiary/aromatic N) is 1. The number of aromatic amines is 1. The molecule has 27 heavy (non-hydrogen) atoms. The molecule has 1 heterocycles. The van der Waals surface area contributed by atoms with Crippen molar-refractivity contribution < 1.29 is 14.3 Å². The largest absolute Gasteiger partial charge is 0.378 e. The number of carbonyl (C=O) groups excluding carboxylic acids is 1. The van der Waals surface area contributed by atoms with Crippen LogP contribution in [0.15, 0.2) is 48.5 Å². The number of fused-ring (bicyclic) bond motifs is 1. The number of nitrogens with two attached hydrogens (primary N) is 1. The number of hydrogen-bond acceptors (Lipinski definition) is 5. The molecule has 3 aromatic rings. The molecule has 142 valence electrons. The van der Waals surface area contributed by atoms with Crippen LogP contribution in [0.3, 0.4) is 0 Å².